The van der Waals surface area contributed by atoms with Gasteiger partial charge in [0.05, 0.1) is 22.7 Å². The Balaban J connectivity index is 1.10. The summed E-state index contributed by atoms with van der Waals surface area (Å²) in [6.45, 7) is 0. The Hall–Kier alpha value is -6.30. The predicted octanol–water partition coefficient (Wildman–Crippen LogP) is 12.5. The molecule has 0 saturated heterocycles. The van der Waals surface area contributed by atoms with Crippen LogP contribution in [0.4, 0.5) is 34.1 Å². The monoisotopic (exact) mass is 646 g/mol. The van der Waals surface area contributed by atoms with E-state index >= 15 is 0 Å². The Labute approximate surface area is 290 Å². The van der Waals surface area contributed by atoms with Crippen LogP contribution in [0.3, 0.4) is 0 Å². The molecule has 0 radical (unpaired) electrons. The number of rotatable bonds is 6. The van der Waals surface area contributed by atoms with Gasteiger partial charge in [0.2, 0.25) is 0 Å². The molecular weight excluding hydrogens is 617 g/mol. The van der Waals surface area contributed by atoms with E-state index in [9.17, 15) is 0 Å². The highest BCUT2D eigenvalue weighted by Gasteiger charge is 2.30. The van der Waals surface area contributed by atoms with E-state index in [0.29, 0.717) is 0 Å². The molecule has 5 heteroatoms. The van der Waals surface area contributed by atoms with Crippen molar-refractivity contribution in [2.45, 2.75) is 0 Å². The molecule has 0 spiro atoms. The Morgan fingerprint density at radius 2 is 0.755 bits per heavy atom. The molecule has 1 aromatic heterocycles. The predicted molar refractivity (Wildman–Crippen MR) is 205 cm³/mol. The average molecular weight is 647 g/mol. The van der Waals surface area contributed by atoms with E-state index in [2.05, 4.69) is 186 Å². The highest BCUT2D eigenvalue weighted by Crippen LogP contribution is 2.54. The third-order valence-electron chi connectivity index (χ3n) is 8.94. The Morgan fingerprint density at radius 1 is 0.347 bits per heavy atom. The van der Waals surface area contributed by atoms with Gasteiger partial charge in [0.1, 0.15) is 5.01 Å². The minimum absolute atomic E-state index is 0.727. The number of hydrogen-bond acceptors (Lipinski definition) is 5. The summed E-state index contributed by atoms with van der Waals surface area (Å²) in [5, 5.41) is 0.903. The lowest BCUT2D eigenvalue weighted by atomic mass is 10.0. The quantitative estimate of drug-likeness (QED) is 0.180. The van der Waals surface area contributed by atoms with Gasteiger partial charge < -0.3 is 9.80 Å². The van der Waals surface area contributed by atoms with Crippen LogP contribution in [0, 0.1) is 0 Å². The van der Waals surface area contributed by atoms with Crippen molar-refractivity contribution in [1.29, 1.82) is 0 Å². The lowest BCUT2D eigenvalue weighted by Gasteiger charge is -2.40. The molecule has 49 heavy (non-hydrogen) atoms. The number of para-hydroxylation sites is 4. The van der Waals surface area contributed by atoms with Gasteiger partial charge in [-0.15, -0.1) is 0 Å². The van der Waals surface area contributed by atoms with Crippen molar-refractivity contribution in [2.75, 3.05) is 9.80 Å². The second-order valence-corrected chi connectivity index (χ2v) is 12.7. The number of fused-ring (bicyclic) bond motifs is 2. The van der Waals surface area contributed by atoms with Crippen molar-refractivity contribution in [3.8, 4) is 44.2 Å². The average Bonchev–Trinajstić information content (AvgIpc) is 3.69. The molecule has 0 saturated carbocycles. The summed E-state index contributed by atoms with van der Waals surface area (Å²) in [5.41, 5.74) is 13.4. The highest BCUT2D eigenvalue weighted by molar-refractivity contribution is 7.09. The van der Waals surface area contributed by atoms with Gasteiger partial charge in [-0.1, -0.05) is 127 Å². The first kappa shape index (κ1) is 28.9. The lowest BCUT2D eigenvalue weighted by Crippen LogP contribution is -2.23. The Morgan fingerprint density at radius 3 is 1.31 bits per heavy atom. The fourth-order valence-corrected chi connectivity index (χ4v) is 7.34. The van der Waals surface area contributed by atoms with Crippen LogP contribution in [-0.2, 0) is 0 Å². The van der Waals surface area contributed by atoms with E-state index in [-0.39, 0.29) is 0 Å². The van der Waals surface area contributed by atoms with Gasteiger partial charge in [0.15, 0.2) is 5.82 Å². The van der Waals surface area contributed by atoms with Gasteiger partial charge in [-0.3, -0.25) is 0 Å². The first-order valence-corrected chi connectivity index (χ1v) is 17.1. The van der Waals surface area contributed by atoms with Crippen LogP contribution >= 0.6 is 11.5 Å². The first-order chi connectivity index (χ1) is 24.3. The van der Waals surface area contributed by atoms with E-state index in [0.717, 1.165) is 56.1 Å². The minimum Gasteiger partial charge on any atom is -0.306 e. The summed E-state index contributed by atoms with van der Waals surface area (Å²) in [5.74, 6) is 0.727. The Bertz CT molecular complexity index is 2370. The highest BCUT2D eigenvalue weighted by atomic mass is 32.1. The topological polar surface area (TPSA) is 32.3 Å². The van der Waals surface area contributed by atoms with Gasteiger partial charge in [-0.05, 0) is 88.4 Å². The molecule has 9 rings (SSSR count). The van der Waals surface area contributed by atoms with Gasteiger partial charge in [-0.25, -0.2) is 4.98 Å². The maximum absolute atomic E-state index is 5.03. The van der Waals surface area contributed by atoms with Crippen molar-refractivity contribution >= 4 is 45.7 Å². The number of anilines is 6. The normalized spacial score (nSPS) is 12.0. The van der Waals surface area contributed by atoms with Crippen LogP contribution in [0.25, 0.3) is 44.2 Å². The second kappa shape index (κ2) is 12.4. The number of benzene rings is 7. The standard InChI is InChI=1S/C44H30N4S/c1-3-14-31(15-4-1)33-18-11-21-36(28-33)44-45-43(46-49-44)35-20-13-23-38(30-35)48-41-26-9-7-24-39(41)47(40-25-8-10-27-42(40)48)37-22-12-19-34(29-37)32-16-5-2-6-17-32/h1-30H. The molecule has 2 heterocycles. The minimum atomic E-state index is 0.727. The van der Waals surface area contributed by atoms with E-state index < -0.39 is 0 Å². The Kier molecular flexibility index (Phi) is 7.30. The zero-order chi connectivity index (χ0) is 32.6. The zero-order valence-electron chi connectivity index (χ0n) is 26.5. The van der Waals surface area contributed by atoms with Gasteiger partial charge >= 0.3 is 0 Å². The van der Waals surface area contributed by atoms with E-state index in [4.69, 9.17) is 9.36 Å². The summed E-state index contributed by atoms with van der Waals surface area (Å²) >= 11 is 1.44. The second-order valence-electron chi connectivity index (χ2n) is 12.0. The first-order valence-electron chi connectivity index (χ1n) is 16.3. The maximum Gasteiger partial charge on any atom is 0.173 e. The molecule has 1 aliphatic heterocycles. The smallest absolute Gasteiger partial charge is 0.173 e. The molecule has 0 bridgehead atoms. The third kappa shape index (κ3) is 5.36. The molecule has 0 N–H and O–H groups in total. The lowest BCUT2D eigenvalue weighted by molar-refractivity contribution is 1.17. The number of hydrogen-bond donors (Lipinski definition) is 0. The molecule has 8 aromatic rings. The van der Waals surface area contributed by atoms with Crippen molar-refractivity contribution < 1.29 is 0 Å². The maximum atomic E-state index is 5.03. The van der Waals surface area contributed by atoms with Crippen LogP contribution in [-0.4, -0.2) is 9.36 Å². The van der Waals surface area contributed by atoms with E-state index in [1.807, 2.05) is 6.07 Å². The summed E-state index contributed by atoms with van der Waals surface area (Å²) < 4.78 is 4.83. The van der Waals surface area contributed by atoms with Crippen molar-refractivity contribution in [3.05, 3.63) is 182 Å². The number of aromatic nitrogens is 2. The van der Waals surface area contributed by atoms with Crippen LogP contribution in [0.1, 0.15) is 0 Å². The summed E-state index contributed by atoms with van der Waals surface area (Å²) in [6, 6.07) is 64.1. The van der Waals surface area contributed by atoms with Gasteiger partial charge in [-0.2, -0.15) is 4.37 Å². The van der Waals surface area contributed by atoms with E-state index in [1.54, 1.807) is 0 Å². The molecule has 232 valence electrons. The van der Waals surface area contributed by atoms with Crippen molar-refractivity contribution in [1.82, 2.24) is 9.36 Å². The molecule has 1 aliphatic rings. The molecule has 0 atom stereocenters. The molecule has 7 aromatic carbocycles. The molecule has 0 amide bonds. The summed E-state index contributed by atoms with van der Waals surface area (Å²) in [6.07, 6.45) is 0. The fourth-order valence-electron chi connectivity index (χ4n) is 6.66. The third-order valence-corrected chi connectivity index (χ3v) is 9.71. The fraction of sp³-hybridized carbons (Fsp3) is 0. The van der Waals surface area contributed by atoms with Crippen LogP contribution in [0.2, 0.25) is 0 Å². The van der Waals surface area contributed by atoms with Crippen molar-refractivity contribution in [2.24, 2.45) is 0 Å². The summed E-state index contributed by atoms with van der Waals surface area (Å²) in [7, 11) is 0. The van der Waals surface area contributed by atoms with Crippen LogP contribution in [0.15, 0.2) is 182 Å². The van der Waals surface area contributed by atoms with Gasteiger partial charge in [0.25, 0.3) is 0 Å². The van der Waals surface area contributed by atoms with E-state index in [1.165, 1.54) is 33.8 Å². The molecule has 0 fully saturated rings. The number of nitrogens with zero attached hydrogens (tertiary/aromatic N) is 4. The zero-order valence-corrected chi connectivity index (χ0v) is 27.3. The SMILES string of the molecule is c1ccc(-c2cccc(-c3nc(-c4cccc(N5c6ccccc6N(c6cccc(-c7ccccc7)c6)c6ccccc65)c4)ns3)c2)cc1. The molecule has 0 aliphatic carbocycles. The summed E-state index contributed by atoms with van der Waals surface area (Å²) in [4.78, 5) is 9.75. The molecular formula is C44H30N4S. The van der Waals surface area contributed by atoms with Crippen LogP contribution in [0.5, 0.6) is 0 Å². The molecule has 4 nitrogen and oxygen atoms in total. The van der Waals surface area contributed by atoms with Gasteiger partial charge in [0, 0.05) is 22.5 Å². The molecule has 0 unspecified atom stereocenters. The van der Waals surface area contributed by atoms with Crippen molar-refractivity contribution in [3.63, 3.8) is 0 Å². The largest absolute Gasteiger partial charge is 0.306 e. The van der Waals surface area contributed by atoms with Crippen LogP contribution < -0.4 is 9.80 Å².